The number of nitrogens with two attached hydrogens (primary N) is 1. The van der Waals surface area contributed by atoms with E-state index in [1.54, 1.807) is 6.08 Å². The molecule has 8 heavy (non-hydrogen) atoms. The van der Waals surface area contributed by atoms with Crippen molar-refractivity contribution in [3.8, 4) is 0 Å². The van der Waals surface area contributed by atoms with Crippen LogP contribution in [0.1, 0.15) is 6.92 Å². The summed E-state index contributed by atoms with van der Waals surface area (Å²) in [5.74, 6) is 0. The van der Waals surface area contributed by atoms with Gasteiger partial charge >= 0.3 is 0 Å². The molecule has 0 heterocycles. The van der Waals surface area contributed by atoms with Crippen molar-refractivity contribution in [3.05, 3.63) is 36.6 Å². The zero-order chi connectivity index (χ0) is 6.57. The lowest BCUT2D eigenvalue weighted by molar-refractivity contribution is 1.31. The van der Waals surface area contributed by atoms with Crippen molar-refractivity contribution < 1.29 is 0 Å². The van der Waals surface area contributed by atoms with Crippen LogP contribution in [0.5, 0.6) is 0 Å². The van der Waals surface area contributed by atoms with Crippen LogP contribution >= 0.6 is 0 Å². The second kappa shape index (κ2) is 3.08. The SMILES string of the molecule is C=C/C=C(/C)C(=C)N. The molecule has 0 rings (SSSR count). The Labute approximate surface area is 50.2 Å². The minimum Gasteiger partial charge on any atom is -0.399 e. The molecule has 0 saturated heterocycles. The second-order valence-electron chi connectivity index (χ2n) is 1.61. The van der Waals surface area contributed by atoms with Crippen molar-refractivity contribution in [2.75, 3.05) is 0 Å². The third-order valence-electron chi connectivity index (χ3n) is 0.874. The maximum atomic E-state index is 5.31. The van der Waals surface area contributed by atoms with Gasteiger partial charge in [0.05, 0.1) is 0 Å². The highest BCUT2D eigenvalue weighted by molar-refractivity contribution is 5.25. The molecule has 0 unspecified atom stereocenters. The molecule has 0 fully saturated rings. The van der Waals surface area contributed by atoms with Crippen molar-refractivity contribution in [2.24, 2.45) is 5.73 Å². The third-order valence-corrected chi connectivity index (χ3v) is 0.874. The molecule has 44 valence electrons. The predicted molar refractivity (Wildman–Crippen MR) is 37.3 cm³/mol. The van der Waals surface area contributed by atoms with Gasteiger partial charge in [0.1, 0.15) is 0 Å². The highest BCUT2D eigenvalue weighted by Gasteiger charge is 1.83. The first-order valence-corrected chi connectivity index (χ1v) is 2.42. The smallest absolute Gasteiger partial charge is 0.0270 e. The highest BCUT2D eigenvalue weighted by Crippen LogP contribution is 1.97. The molecule has 0 aromatic rings. The largest absolute Gasteiger partial charge is 0.399 e. The Kier molecular flexibility index (Phi) is 2.70. The van der Waals surface area contributed by atoms with Gasteiger partial charge in [-0.1, -0.05) is 25.3 Å². The van der Waals surface area contributed by atoms with E-state index in [0.717, 1.165) is 5.57 Å². The van der Waals surface area contributed by atoms with Gasteiger partial charge in [0.25, 0.3) is 0 Å². The molecule has 0 amide bonds. The molecule has 1 heteroatoms. The number of hydrogen-bond donors (Lipinski definition) is 1. The van der Waals surface area contributed by atoms with Gasteiger partial charge in [0.15, 0.2) is 0 Å². The molecule has 1 nitrogen and oxygen atoms in total. The molecular formula is C7H11N. The van der Waals surface area contributed by atoms with Crippen molar-refractivity contribution >= 4 is 0 Å². The van der Waals surface area contributed by atoms with Crippen LogP contribution in [0.15, 0.2) is 36.6 Å². The van der Waals surface area contributed by atoms with E-state index in [1.807, 2.05) is 13.0 Å². The standard InChI is InChI=1S/C7H11N/c1-4-5-6(2)7(3)8/h4-5H,1,3,8H2,2H3/b6-5-. The van der Waals surface area contributed by atoms with Crippen molar-refractivity contribution in [3.63, 3.8) is 0 Å². The Bertz CT molecular complexity index is 131. The molecule has 0 aliphatic carbocycles. The fourth-order valence-electron chi connectivity index (χ4n) is 0.284. The Morgan fingerprint density at radius 3 is 2.25 bits per heavy atom. The van der Waals surface area contributed by atoms with Gasteiger partial charge in [-0.2, -0.15) is 0 Å². The van der Waals surface area contributed by atoms with E-state index in [1.165, 1.54) is 0 Å². The van der Waals surface area contributed by atoms with Crippen LogP contribution in [0.3, 0.4) is 0 Å². The first kappa shape index (κ1) is 7.02. The normalized spacial score (nSPS) is 10.9. The summed E-state index contributed by atoms with van der Waals surface area (Å²) in [4.78, 5) is 0. The average Bonchev–Trinajstić information content (AvgIpc) is 1.67. The van der Waals surface area contributed by atoms with Gasteiger partial charge in [-0.3, -0.25) is 0 Å². The first-order valence-electron chi connectivity index (χ1n) is 2.42. The summed E-state index contributed by atoms with van der Waals surface area (Å²) in [5.41, 5.74) is 6.89. The predicted octanol–water partition coefficient (Wildman–Crippen LogP) is 1.59. The molecule has 0 aliphatic rings. The molecule has 2 N–H and O–H groups in total. The lowest BCUT2D eigenvalue weighted by Crippen LogP contribution is -1.94. The first-order chi connectivity index (χ1) is 3.68. The molecule has 0 aromatic heterocycles. The van der Waals surface area contributed by atoms with E-state index >= 15 is 0 Å². The third kappa shape index (κ3) is 2.24. The number of hydrogen-bond acceptors (Lipinski definition) is 1. The van der Waals surface area contributed by atoms with E-state index in [-0.39, 0.29) is 0 Å². The lowest BCUT2D eigenvalue weighted by Gasteiger charge is -1.93. The zero-order valence-electron chi connectivity index (χ0n) is 5.15. The van der Waals surface area contributed by atoms with E-state index < -0.39 is 0 Å². The summed E-state index contributed by atoms with van der Waals surface area (Å²) in [7, 11) is 0. The van der Waals surface area contributed by atoms with E-state index in [4.69, 9.17) is 5.73 Å². The molecule has 0 radical (unpaired) electrons. The van der Waals surface area contributed by atoms with Crippen LogP contribution in [-0.4, -0.2) is 0 Å². The van der Waals surface area contributed by atoms with Gasteiger partial charge in [-0.15, -0.1) is 0 Å². The van der Waals surface area contributed by atoms with Gasteiger partial charge in [0, 0.05) is 5.70 Å². The molecule has 0 spiro atoms. The summed E-state index contributed by atoms with van der Waals surface area (Å²) in [6, 6.07) is 0. The quantitative estimate of drug-likeness (QED) is 0.535. The fourth-order valence-corrected chi connectivity index (χ4v) is 0.284. The Morgan fingerprint density at radius 2 is 2.12 bits per heavy atom. The van der Waals surface area contributed by atoms with Crippen LogP contribution in [0.25, 0.3) is 0 Å². The van der Waals surface area contributed by atoms with Gasteiger partial charge in [-0.05, 0) is 12.5 Å². The Morgan fingerprint density at radius 1 is 1.62 bits per heavy atom. The maximum absolute atomic E-state index is 5.31. The highest BCUT2D eigenvalue weighted by atomic mass is 14.6. The van der Waals surface area contributed by atoms with E-state index in [0.29, 0.717) is 5.70 Å². The zero-order valence-corrected chi connectivity index (χ0v) is 5.15. The van der Waals surface area contributed by atoms with Gasteiger partial charge < -0.3 is 5.73 Å². The molecule has 0 aromatic carbocycles. The van der Waals surface area contributed by atoms with Crippen LogP contribution in [0, 0.1) is 0 Å². The molecule has 0 bridgehead atoms. The molecular weight excluding hydrogens is 98.1 g/mol. The fraction of sp³-hybridized carbons (Fsp3) is 0.143. The summed E-state index contributed by atoms with van der Waals surface area (Å²) in [6.45, 7) is 8.94. The molecule has 0 saturated carbocycles. The van der Waals surface area contributed by atoms with Crippen LogP contribution in [-0.2, 0) is 0 Å². The number of allylic oxidation sites excluding steroid dienone is 3. The second-order valence-corrected chi connectivity index (χ2v) is 1.61. The monoisotopic (exact) mass is 109 g/mol. The minimum atomic E-state index is 0.602. The Balaban J connectivity index is 3.99. The van der Waals surface area contributed by atoms with Crippen molar-refractivity contribution in [1.82, 2.24) is 0 Å². The average molecular weight is 109 g/mol. The van der Waals surface area contributed by atoms with Gasteiger partial charge in [0.2, 0.25) is 0 Å². The maximum Gasteiger partial charge on any atom is 0.0270 e. The summed E-state index contributed by atoms with van der Waals surface area (Å²) < 4.78 is 0. The topological polar surface area (TPSA) is 26.0 Å². The van der Waals surface area contributed by atoms with E-state index in [2.05, 4.69) is 13.2 Å². The summed E-state index contributed by atoms with van der Waals surface area (Å²) in [5, 5.41) is 0. The van der Waals surface area contributed by atoms with Crippen LogP contribution in [0.2, 0.25) is 0 Å². The van der Waals surface area contributed by atoms with Crippen molar-refractivity contribution in [2.45, 2.75) is 6.92 Å². The lowest BCUT2D eigenvalue weighted by atomic mass is 10.2. The molecule has 0 aliphatic heterocycles. The van der Waals surface area contributed by atoms with Crippen LogP contribution in [0.4, 0.5) is 0 Å². The summed E-state index contributed by atoms with van der Waals surface area (Å²) >= 11 is 0. The Hall–Kier alpha value is -0.980. The van der Waals surface area contributed by atoms with E-state index in [9.17, 15) is 0 Å². The van der Waals surface area contributed by atoms with Crippen LogP contribution < -0.4 is 5.73 Å². The minimum absolute atomic E-state index is 0.602. The molecule has 0 atom stereocenters. The van der Waals surface area contributed by atoms with Gasteiger partial charge in [-0.25, -0.2) is 0 Å². The number of rotatable bonds is 2. The summed E-state index contributed by atoms with van der Waals surface area (Å²) in [6.07, 6.45) is 3.51. The van der Waals surface area contributed by atoms with Crippen molar-refractivity contribution in [1.29, 1.82) is 0 Å².